The van der Waals surface area contributed by atoms with Crippen LogP contribution in [-0.2, 0) is 6.18 Å². The predicted octanol–water partition coefficient (Wildman–Crippen LogP) is 1.55. The molecule has 2 rings (SSSR count). The number of aromatic nitrogens is 2. The fourth-order valence-corrected chi connectivity index (χ4v) is 1.40. The van der Waals surface area contributed by atoms with Crippen LogP contribution in [0.15, 0.2) is 6.20 Å². The average molecular weight is 259 g/mol. The molecule has 1 radical (unpaired) electrons. The Bertz CT molecular complexity index is 412. The van der Waals surface area contributed by atoms with E-state index in [9.17, 15) is 18.0 Å². The Labute approximate surface area is 131 Å². The number of nitrogens with zero attached hydrogens (tertiary/aromatic N) is 2. The number of halogens is 3. The van der Waals surface area contributed by atoms with E-state index >= 15 is 0 Å². The van der Waals surface area contributed by atoms with Gasteiger partial charge in [0.25, 0.3) is 0 Å². The maximum absolute atomic E-state index is 12.6. The van der Waals surface area contributed by atoms with Crippen molar-refractivity contribution in [2.75, 3.05) is 0 Å². The molecule has 1 fully saturated rings. The third-order valence-corrected chi connectivity index (χ3v) is 2.19. The summed E-state index contributed by atoms with van der Waals surface area (Å²) < 4.78 is 38.5. The van der Waals surface area contributed by atoms with Crippen LogP contribution in [0.2, 0.25) is 0 Å². The second-order valence-electron chi connectivity index (χ2n) is 3.39. The third-order valence-electron chi connectivity index (χ3n) is 2.19. The molecule has 1 saturated carbocycles. The van der Waals surface area contributed by atoms with E-state index in [1.165, 1.54) is 0 Å². The molecule has 0 aliphatic heterocycles. The summed E-state index contributed by atoms with van der Waals surface area (Å²) in [5, 5.41) is 12.1. The number of rotatable bonds is 2. The Balaban J connectivity index is 0.00000128. The molecule has 4 nitrogen and oxygen atoms in total. The van der Waals surface area contributed by atoms with Crippen molar-refractivity contribution in [3.63, 3.8) is 0 Å². The van der Waals surface area contributed by atoms with Crippen LogP contribution in [0.3, 0.4) is 0 Å². The van der Waals surface area contributed by atoms with Gasteiger partial charge in [-0.05, 0) is 12.8 Å². The summed E-state index contributed by atoms with van der Waals surface area (Å²) >= 11 is 0. The fourth-order valence-electron chi connectivity index (χ4n) is 1.40. The summed E-state index contributed by atoms with van der Waals surface area (Å²) in [5.74, 6) is -1.60. The van der Waals surface area contributed by atoms with Crippen molar-refractivity contribution in [3.05, 3.63) is 17.5 Å². The molecule has 1 aliphatic rings. The molecule has 1 aliphatic carbocycles. The van der Waals surface area contributed by atoms with Gasteiger partial charge < -0.3 is 5.11 Å². The monoisotopic (exact) mass is 259 g/mol. The zero-order chi connectivity index (χ0) is 11.2. The van der Waals surface area contributed by atoms with Crippen molar-refractivity contribution >= 4 is 57.4 Å². The van der Waals surface area contributed by atoms with Crippen LogP contribution in [0.1, 0.15) is 34.9 Å². The van der Waals surface area contributed by atoms with Crippen molar-refractivity contribution in [2.45, 2.75) is 25.1 Å². The largest absolute Gasteiger partial charge is 0.478 e. The molecule has 0 spiro atoms. The Kier molecular flexibility index (Phi) is 4.22. The Hall–Kier alpha value is 0.106. The number of carboxylic acid groups (broad SMARTS) is 1. The Morgan fingerprint density at radius 1 is 1.50 bits per heavy atom. The topological polar surface area (TPSA) is 55.1 Å². The predicted molar refractivity (Wildman–Crippen MR) is 48.2 cm³/mol. The number of aromatic carboxylic acids is 1. The SMILES string of the molecule is O=C(O)c1cnn(C2CC2)c1C(F)(F)F.[K]. The first-order valence-corrected chi connectivity index (χ1v) is 4.29. The van der Waals surface area contributed by atoms with Gasteiger partial charge in [-0.15, -0.1) is 0 Å². The zero-order valence-electron chi connectivity index (χ0n) is 8.45. The normalized spacial score (nSPS) is 15.7. The molecule has 1 aromatic heterocycles. The molecule has 0 atom stereocenters. The number of carboxylic acids is 1. The summed E-state index contributed by atoms with van der Waals surface area (Å²) in [6.45, 7) is 0. The van der Waals surface area contributed by atoms with E-state index in [1.807, 2.05) is 0 Å². The minimum absolute atomic E-state index is 0. The van der Waals surface area contributed by atoms with Crippen LogP contribution in [0.25, 0.3) is 0 Å². The van der Waals surface area contributed by atoms with Gasteiger partial charge in [-0.1, -0.05) is 0 Å². The van der Waals surface area contributed by atoms with Gasteiger partial charge in [0.05, 0.1) is 12.2 Å². The smallest absolute Gasteiger partial charge is 0.433 e. The second kappa shape index (κ2) is 4.77. The van der Waals surface area contributed by atoms with E-state index < -0.39 is 23.4 Å². The van der Waals surface area contributed by atoms with E-state index in [-0.39, 0.29) is 57.4 Å². The van der Waals surface area contributed by atoms with E-state index in [1.54, 1.807) is 0 Å². The van der Waals surface area contributed by atoms with E-state index in [4.69, 9.17) is 5.11 Å². The first-order valence-electron chi connectivity index (χ1n) is 4.29. The number of alkyl halides is 3. The number of hydrogen-bond acceptors (Lipinski definition) is 2. The van der Waals surface area contributed by atoms with Crippen molar-refractivity contribution < 1.29 is 23.1 Å². The van der Waals surface area contributed by atoms with Crippen LogP contribution in [0.4, 0.5) is 13.2 Å². The van der Waals surface area contributed by atoms with E-state index in [2.05, 4.69) is 5.10 Å². The molecule has 83 valence electrons. The van der Waals surface area contributed by atoms with Gasteiger partial charge in [-0.3, -0.25) is 4.68 Å². The van der Waals surface area contributed by atoms with Crippen LogP contribution in [0.5, 0.6) is 0 Å². The molecular formula is C8H7F3KN2O2. The molecule has 16 heavy (non-hydrogen) atoms. The molecule has 1 N–H and O–H groups in total. The minimum Gasteiger partial charge on any atom is -0.478 e. The Morgan fingerprint density at radius 3 is 2.44 bits per heavy atom. The summed E-state index contributed by atoms with van der Waals surface area (Å²) in [6, 6.07) is -0.297. The van der Waals surface area contributed by atoms with Gasteiger partial charge in [0.2, 0.25) is 0 Å². The molecule has 1 heterocycles. The number of carbonyl (C=O) groups is 1. The van der Waals surface area contributed by atoms with E-state index in [0.717, 1.165) is 10.9 Å². The maximum atomic E-state index is 12.6. The van der Waals surface area contributed by atoms with Crippen LogP contribution in [0, 0.1) is 0 Å². The van der Waals surface area contributed by atoms with Gasteiger partial charge in [0.15, 0.2) is 5.69 Å². The summed E-state index contributed by atoms with van der Waals surface area (Å²) in [5.41, 5.74) is -1.94. The molecule has 0 unspecified atom stereocenters. The number of hydrogen-bond donors (Lipinski definition) is 1. The first-order chi connectivity index (χ1) is 6.91. The standard InChI is InChI=1S/C8H7F3N2O2.K/c9-8(10,11)6-5(7(14)15)3-12-13(6)4-1-2-4;/h3-4H,1-2H2,(H,14,15);. The molecule has 0 amide bonds. The summed E-state index contributed by atoms with van der Waals surface area (Å²) in [7, 11) is 0. The van der Waals surface area contributed by atoms with Crippen molar-refractivity contribution in [1.82, 2.24) is 9.78 Å². The Morgan fingerprint density at radius 2 is 2.06 bits per heavy atom. The quantitative estimate of drug-likeness (QED) is 0.820. The third kappa shape index (κ3) is 2.67. The maximum Gasteiger partial charge on any atom is 0.433 e. The molecule has 0 aromatic carbocycles. The molecular weight excluding hydrogens is 252 g/mol. The van der Waals surface area contributed by atoms with Crippen molar-refractivity contribution in [3.8, 4) is 0 Å². The van der Waals surface area contributed by atoms with Crippen molar-refractivity contribution in [1.29, 1.82) is 0 Å². The molecule has 8 heteroatoms. The van der Waals surface area contributed by atoms with Crippen molar-refractivity contribution in [2.24, 2.45) is 0 Å². The van der Waals surface area contributed by atoms with Crippen LogP contribution < -0.4 is 0 Å². The van der Waals surface area contributed by atoms with Gasteiger partial charge in [-0.2, -0.15) is 18.3 Å². The zero-order valence-corrected chi connectivity index (χ0v) is 11.6. The summed E-state index contributed by atoms with van der Waals surface area (Å²) in [4.78, 5) is 10.6. The van der Waals surface area contributed by atoms with Crippen LogP contribution >= 0.6 is 0 Å². The van der Waals surface area contributed by atoms with Crippen LogP contribution in [-0.4, -0.2) is 72.2 Å². The van der Waals surface area contributed by atoms with Gasteiger partial charge >= 0.3 is 12.1 Å². The van der Waals surface area contributed by atoms with Gasteiger partial charge in [0, 0.05) is 51.4 Å². The van der Waals surface area contributed by atoms with E-state index in [0.29, 0.717) is 12.8 Å². The van der Waals surface area contributed by atoms with Gasteiger partial charge in [-0.25, -0.2) is 4.79 Å². The first kappa shape index (κ1) is 14.2. The van der Waals surface area contributed by atoms with Gasteiger partial charge in [0.1, 0.15) is 5.56 Å². The average Bonchev–Trinajstić information content (AvgIpc) is 2.81. The fraction of sp³-hybridized carbons (Fsp3) is 0.500. The summed E-state index contributed by atoms with van der Waals surface area (Å²) in [6.07, 6.45) is -2.69. The molecule has 0 saturated heterocycles. The minimum atomic E-state index is -4.67. The molecule has 1 aromatic rings. The second-order valence-corrected chi connectivity index (χ2v) is 3.39. The molecule has 0 bridgehead atoms.